The van der Waals surface area contributed by atoms with Gasteiger partial charge in [-0.05, 0) is 30.7 Å². The zero-order chi connectivity index (χ0) is 14.1. The monoisotopic (exact) mass is 286 g/mol. The molecule has 3 rings (SSSR count). The van der Waals surface area contributed by atoms with Gasteiger partial charge < -0.3 is 4.57 Å². The van der Waals surface area contributed by atoms with Gasteiger partial charge in [0, 0.05) is 39.0 Å². The van der Waals surface area contributed by atoms with E-state index in [0.29, 0.717) is 0 Å². The normalized spacial score (nSPS) is 11.1. The van der Waals surface area contributed by atoms with Gasteiger partial charge in [-0.15, -0.1) is 11.3 Å². The minimum Gasteiger partial charge on any atom is -0.342 e. The lowest BCUT2D eigenvalue weighted by Gasteiger charge is -2.03. The van der Waals surface area contributed by atoms with Crippen molar-refractivity contribution in [3.05, 3.63) is 62.5 Å². The second-order valence-electron chi connectivity index (χ2n) is 4.67. The maximum Gasteiger partial charge on any atom is 0.270 e. The zero-order valence-corrected chi connectivity index (χ0v) is 11.9. The van der Waals surface area contributed by atoms with Crippen LogP contribution in [-0.4, -0.2) is 9.49 Å². The molecule has 0 N–H and O–H groups in total. The van der Waals surface area contributed by atoms with Crippen molar-refractivity contribution in [2.45, 2.75) is 19.9 Å². The molecule has 0 fully saturated rings. The van der Waals surface area contributed by atoms with Gasteiger partial charge in [-0.1, -0.05) is 6.92 Å². The smallest absolute Gasteiger partial charge is 0.270 e. The number of fused-ring (bicyclic) bond motifs is 1. The molecule has 1 aromatic carbocycles. The molecule has 2 aromatic heterocycles. The highest BCUT2D eigenvalue weighted by atomic mass is 32.1. The number of benzene rings is 1. The van der Waals surface area contributed by atoms with Gasteiger partial charge in [0.2, 0.25) is 0 Å². The summed E-state index contributed by atoms with van der Waals surface area (Å²) in [6.07, 6.45) is 3.04. The number of aryl methyl sites for hydroxylation is 1. The molecule has 102 valence electrons. The Morgan fingerprint density at radius 3 is 2.70 bits per heavy atom. The summed E-state index contributed by atoms with van der Waals surface area (Å²) in [6, 6.07) is 11.2. The van der Waals surface area contributed by atoms with Gasteiger partial charge in [0.1, 0.15) is 0 Å². The summed E-state index contributed by atoms with van der Waals surface area (Å²) in [5, 5.41) is 11.7. The molecule has 5 heteroatoms. The second-order valence-corrected chi connectivity index (χ2v) is 5.92. The summed E-state index contributed by atoms with van der Waals surface area (Å²) >= 11 is 1.82. The molecule has 0 spiro atoms. The molecule has 0 amide bonds. The lowest BCUT2D eigenvalue weighted by Crippen LogP contribution is -1.95. The average molecular weight is 286 g/mol. The van der Waals surface area contributed by atoms with E-state index in [9.17, 15) is 10.1 Å². The molecule has 0 saturated carbocycles. The predicted molar refractivity (Wildman–Crippen MR) is 81.4 cm³/mol. The standard InChI is InChI=1S/C15H14N2O2S/c1-2-13-4-5-14(20-13)10-16-8-7-11-9-12(17(18)19)3-6-15(11)16/h3-9H,2,10H2,1H3. The number of nitro benzene ring substituents is 1. The van der Waals surface area contributed by atoms with Crippen LogP contribution in [0.3, 0.4) is 0 Å². The highest BCUT2D eigenvalue weighted by molar-refractivity contribution is 7.11. The van der Waals surface area contributed by atoms with Crippen LogP contribution in [0.1, 0.15) is 16.7 Å². The summed E-state index contributed by atoms with van der Waals surface area (Å²) in [6.45, 7) is 2.96. The molecular formula is C15H14N2O2S. The highest BCUT2D eigenvalue weighted by Gasteiger charge is 2.09. The van der Waals surface area contributed by atoms with Gasteiger partial charge in [0.15, 0.2) is 0 Å². The number of aromatic nitrogens is 1. The van der Waals surface area contributed by atoms with E-state index in [1.807, 2.05) is 29.7 Å². The van der Waals surface area contributed by atoms with E-state index < -0.39 is 0 Å². The molecule has 0 bridgehead atoms. The Labute approximate surface area is 120 Å². The van der Waals surface area contributed by atoms with Gasteiger partial charge in [0.05, 0.1) is 11.5 Å². The largest absolute Gasteiger partial charge is 0.342 e. The van der Waals surface area contributed by atoms with Crippen molar-refractivity contribution in [3.8, 4) is 0 Å². The molecule has 0 aliphatic rings. The fourth-order valence-corrected chi connectivity index (χ4v) is 3.26. The molecule has 0 radical (unpaired) electrons. The van der Waals surface area contributed by atoms with E-state index in [1.165, 1.54) is 9.75 Å². The van der Waals surface area contributed by atoms with Crippen molar-refractivity contribution in [2.24, 2.45) is 0 Å². The van der Waals surface area contributed by atoms with Gasteiger partial charge >= 0.3 is 0 Å². The van der Waals surface area contributed by atoms with Crippen LogP contribution < -0.4 is 0 Å². The number of hydrogen-bond donors (Lipinski definition) is 0. The predicted octanol–water partition coefficient (Wildman–Crippen LogP) is 4.22. The van der Waals surface area contributed by atoms with Crippen LogP contribution in [0, 0.1) is 10.1 Å². The SMILES string of the molecule is CCc1ccc(Cn2ccc3cc([N+](=O)[O-])ccc32)s1. The van der Waals surface area contributed by atoms with Crippen molar-refractivity contribution in [1.29, 1.82) is 0 Å². The van der Waals surface area contributed by atoms with Crippen LogP contribution in [-0.2, 0) is 13.0 Å². The molecule has 3 aromatic rings. The summed E-state index contributed by atoms with van der Waals surface area (Å²) in [7, 11) is 0. The Kier molecular flexibility index (Phi) is 3.28. The van der Waals surface area contributed by atoms with Crippen LogP contribution in [0.25, 0.3) is 10.9 Å². The fourth-order valence-electron chi connectivity index (χ4n) is 2.30. The third-order valence-electron chi connectivity index (χ3n) is 3.36. The zero-order valence-electron chi connectivity index (χ0n) is 11.1. The van der Waals surface area contributed by atoms with Crippen LogP contribution in [0.4, 0.5) is 5.69 Å². The average Bonchev–Trinajstić information content (AvgIpc) is 3.06. The lowest BCUT2D eigenvalue weighted by atomic mass is 10.2. The summed E-state index contributed by atoms with van der Waals surface area (Å²) in [5.74, 6) is 0. The highest BCUT2D eigenvalue weighted by Crippen LogP contribution is 2.24. The number of non-ortho nitro benzene ring substituents is 1. The van der Waals surface area contributed by atoms with Crippen LogP contribution in [0.5, 0.6) is 0 Å². The third kappa shape index (κ3) is 2.32. The van der Waals surface area contributed by atoms with Crippen molar-refractivity contribution in [1.82, 2.24) is 4.57 Å². The summed E-state index contributed by atoms with van der Waals surface area (Å²) < 4.78 is 2.13. The number of rotatable bonds is 4. The van der Waals surface area contributed by atoms with Crippen molar-refractivity contribution >= 4 is 27.9 Å². The molecule has 0 atom stereocenters. The van der Waals surface area contributed by atoms with Crippen LogP contribution in [0.15, 0.2) is 42.6 Å². The Morgan fingerprint density at radius 1 is 1.20 bits per heavy atom. The van der Waals surface area contributed by atoms with E-state index in [4.69, 9.17) is 0 Å². The van der Waals surface area contributed by atoms with Gasteiger partial charge in [0.25, 0.3) is 5.69 Å². The minimum atomic E-state index is -0.358. The van der Waals surface area contributed by atoms with Gasteiger partial charge in [-0.25, -0.2) is 0 Å². The Hall–Kier alpha value is -2.14. The van der Waals surface area contributed by atoms with E-state index in [1.54, 1.807) is 12.1 Å². The lowest BCUT2D eigenvalue weighted by molar-refractivity contribution is -0.384. The molecule has 0 aliphatic heterocycles. The molecule has 0 saturated heterocycles. The van der Waals surface area contributed by atoms with E-state index >= 15 is 0 Å². The first-order valence-electron chi connectivity index (χ1n) is 6.48. The molecule has 20 heavy (non-hydrogen) atoms. The number of hydrogen-bond acceptors (Lipinski definition) is 3. The van der Waals surface area contributed by atoms with Crippen LogP contribution >= 0.6 is 11.3 Å². The number of thiophene rings is 1. The van der Waals surface area contributed by atoms with Crippen molar-refractivity contribution < 1.29 is 4.92 Å². The molecule has 2 heterocycles. The fraction of sp³-hybridized carbons (Fsp3) is 0.200. The van der Waals surface area contributed by atoms with Crippen molar-refractivity contribution in [2.75, 3.05) is 0 Å². The molecule has 0 unspecified atom stereocenters. The Morgan fingerprint density at radius 2 is 2.00 bits per heavy atom. The van der Waals surface area contributed by atoms with Gasteiger partial charge in [-0.3, -0.25) is 10.1 Å². The molecule has 0 aliphatic carbocycles. The first kappa shape index (κ1) is 12.9. The van der Waals surface area contributed by atoms with E-state index in [2.05, 4.69) is 23.6 Å². The molecular weight excluding hydrogens is 272 g/mol. The summed E-state index contributed by atoms with van der Waals surface area (Å²) in [4.78, 5) is 13.1. The maximum absolute atomic E-state index is 10.8. The topological polar surface area (TPSA) is 48.1 Å². The number of nitrogens with zero attached hydrogens (tertiary/aromatic N) is 2. The first-order valence-corrected chi connectivity index (χ1v) is 7.30. The first-order chi connectivity index (χ1) is 9.67. The van der Waals surface area contributed by atoms with E-state index in [-0.39, 0.29) is 10.6 Å². The number of nitro groups is 1. The maximum atomic E-state index is 10.8. The quantitative estimate of drug-likeness (QED) is 0.532. The van der Waals surface area contributed by atoms with Crippen molar-refractivity contribution in [3.63, 3.8) is 0 Å². The molecule has 4 nitrogen and oxygen atoms in total. The third-order valence-corrected chi connectivity index (χ3v) is 4.57. The van der Waals surface area contributed by atoms with Gasteiger partial charge in [-0.2, -0.15) is 0 Å². The Bertz CT molecular complexity index is 773. The summed E-state index contributed by atoms with van der Waals surface area (Å²) in [5.41, 5.74) is 1.17. The van der Waals surface area contributed by atoms with Crippen LogP contribution in [0.2, 0.25) is 0 Å². The minimum absolute atomic E-state index is 0.139. The van der Waals surface area contributed by atoms with E-state index in [0.717, 1.165) is 23.9 Å². The Balaban J connectivity index is 1.94. The second kappa shape index (κ2) is 5.09.